The predicted octanol–water partition coefficient (Wildman–Crippen LogP) is 3.64. The van der Waals surface area contributed by atoms with Crippen LogP contribution >= 0.6 is 12.4 Å². The normalized spacial score (nSPS) is 18.4. The highest BCUT2D eigenvalue weighted by molar-refractivity contribution is 5.85. The molecule has 0 amide bonds. The minimum atomic E-state index is -0.152. The Morgan fingerprint density at radius 2 is 2.00 bits per heavy atom. The van der Waals surface area contributed by atoms with Crippen LogP contribution in [0.2, 0.25) is 0 Å². The van der Waals surface area contributed by atoms with E-state index >= 15 is 0 Å². The van der Waals surface area contributed by atoms with Gasteiger partial charge < -0.3 is 10.1 Å². The summed E-state index contributed by atoms with van der Waals surface area (Å²) in [7, 11) is 1.62. The van der Waals surface area contributed by atoms with Crippen molar-refractivity contribution < 1.29 is 9.13 Å². The Hall–Kier alpha value is -0.840. The van der Waals surface area contributed by atoms with Crippen LogP contribution in [0, 0.1) is 11.7 Å². The molecule has 0 spiro atoms. The van der Waals surface area contributed by atoms with Gasteiger partial charge in [-0.15, -0.1) is 12.4 Å². The molecule has 0 bridgehead atoms. The highest BCUT2D eigenvalue weighted by Gasteiger charge is 2.31. The first kappa shape index (κ1) is 19.2. The van der Waals surface area contributed by atoms with Crippen LogP contribution in [0.3, 0.4) is 0 Å². The number of nitrogens with zero attached hydrogens (tertiary/aromatic N) is 1. The van der Waals surface area contributed by atoms with Crippen LogP contribution in [0.25, 0.3) is 0 Å². The Balaban J connectivity index is 0.00000242. The summed E-state index contributed by atoms with van der Waals surface area (Å²) in [5.74, 6) is 0.918. The Morgan fingerprint density at radius 3 is 2.59 bits per heavy atom. The Morgan fingerprint density at radius 1 is 1.32 bits per heavy atom. The van der Waals surface area contributed by atoms with Gasteiger partial charge in [-0.2, -0.15) is 0 Å². The van der Waals surface area contributed by atoms with E-state index in [1.54, 1.807) is 19.2 Å². The lowest BCUT2D eigenvalue weighted by Gasteiger charge is -2.39. The lowest BCUT2D eigenvalue weighted by molar-refractivity contribution is 0.120. The molecule has 2 atom stereocenters. The first-order valence-corrected chi connectivity index (χ1v) is 7.96. The molecular weight excluding hydrogens is 303 g/mol. The van der Waals surface area contributed by atoms with Crippen LogP contribution < -0.4 is 10.1 Å². The van der Waals surface area contributed by atoms with Gasteiger partial charge in [-0.3, -0.25) is 4.90 Å². The summed E-state index contributed by atoms with van der Waals surface area (Å²) in [5, 5.41) is 3.37. The second kappa shape index (κ2) is 9.33. The zero-order valence-corrected chi connectivity index (χ0v) is 14.6. The molecule has 1 aliphatic rings. The number of ether oxygens (including phenoxy) is 1. The van der Waals surface area contributed by atoms with E-state index in [4.69, 9.17) is 4.74 Å². The summed E-state index contributed by atoms with van der Waals surface area (Å²) in [6, 6.07) is 5.22. The van der Waals surface area contributed by atoms with Crippen molar-refractivity contribution in [3.05, 3.63) is 29.6 Å². The van der Waals surface area contributed by atoms with Crippen molar-refractivity contribution in [1.29, 1.82) is 0 Å². The van der Waals surface area contributed by atoms with Crippen LogP contribution in [0.15, 0.2) is 18.2 Å². The van der Waals surface area contributed by atoms with Crippen LogP contribution in [0.4, 0.5) is 4.39 Å². The van der Waals surface area contributed by atoms with Gasteiger partial charge in [0.2, 0.25) is 0 Å². The second-order valence-electron chi connectivity index (χ2n) is 5.85. The van der Waals surface area contributed by atoms with E-state index in [-0.39, 0.29) is 24.3 Å². The maximum atomic E-state index is 14.5. The van der Waals surface area contributed by atoms with Crippen LogP contribution in [0.1, 0.15) is 38.3 Å². The van der Waals surface area contributed by atoms with E-state index in [0.717, 1.165) is 44.6 Å². The van der Waals surface area contributed by atoms with Gasteiger partial charge >= 0.3 is 0 Å². The lowest BCUT2D eigenvalue weighted by Crippen LogP contribution is -2.47. The summed E-state index contributed by atoms with van der Waals surface area (Å²) >= 11 is 0. The van der Waals surface area contributed by atoms with Gasteiger partial charge in [-0.25, -0.2) is 4.39 Å². The molecule has 1 aliphatic heterocycles. The molecule has 0 radical (unpaired) electrons. The Labute approximate surface area is 139 Å². The molecule has 1 aromatic carbocycles. The lowest BCUT2D eigenvalue weighted by atomic mass is 9.88. The van der Waals surface area contributed by atoms with E-state index in [2.05, 4.69) is 24.1 Å². The van der Waals surface area contributed by atoms with Gasteiger partial charge in [0.05, 0.1) is 7.11 Å². The molecule has 0 aliphatic carbocycles. The number of benzene rings is 1. The minimum absolute atomic E-state index is 0. The third-order valence-electron chi connectivity index (χ3n) is 4.36. The van der Waals surface area contributed by atoms with Gasteiger partial charge in [-0.05, 0) is 24.5 Å². The molecule has 3 nitrogen and oxygen atoms in total. The summed E-state index contributed by atoms with van der Waals surface area (Å²) in [6.07, 6.45) is 2.20. The van der Waals surface area contributed by atoms with Crippen molar-refractivity contribution in [2.45, 2.75) is 32.7 Å². The summed E-state index contributed by atoms with van der Waals surface area (Å²) in [6.45, 7) is 8.25. The fourth-order valence-corrected chi connectivity index (χ4v) is 3.38. The van der Waals surface area contributed by atoms with Gasteiger partial charge in [0.1, 0.15) is 11.6 Å². The largest absolute Gasteiger partial charge is 0.496 e. The van der Waals surface area contributed by atoms with Crippen LogP contribution in [-0.4, -0.2) is 38.2 Å². The number of hydrogen-bond donors (Lipinski definition) is 1. The molecule has 1 unspecified atom stereocenters. The summed E-state index contributed by atoms with van der Waals surface area (Å²) in [4.78, 5) is 2.40. The second-order valence-corrected chi connectivity index (χ2v) is 5.85. The summed E-state index contributed by atoms with van der Waals surface area (Å²) < 4.78 is 20.0. The first-order valence-electron chi connectivity index (χ1n) is 7.96. The molecule has 1 fully saturated rings. The monoisotopic (exact) mass is 330 g/mol. The molecule has 1 aromatic rings. The molecular formula is C17H28ClFN2O. The molecule has 1 N–H and O–H groups in total. The third-order valence-corrected chi connectivity index (χ3v) is 4.36. The highest BCUT2D eigenvalue weighted by Crippen LogP contribution is 2.38. The number of methoxy groups -OCH3 is 1. The van der Waals surface area contributed by atoms with Crippen molar-refractivity contribution in [2.24, 2.45) is 5.92 Å². The molecule has 0 aromatic heterocycles. The SMILES string of the molecule is CCCC(C)[C@@H](c1c(F)cccc1OC)N1CCNCC1.Cl. The summed E-state index contributed by atoms with van der Waals surface area (Å²) in [5.41, 5.74) is 0.725. The third kappa shape index (κ3) is 4.34. The number of piperazine rings is 1. The van der Waals surface area contributed by atoms with Gasteiger partial charge in [0.15, 0.2) is 0 Å². The fourth-order valence-electron chi connectivity index (χ4n) is 3.38. The maximum Gasteiger partial charge on any atom is 0.131 e. The molecule has 22 heavy (non-hydrogen) atoms. The Bertz CT molecular complexity index is 452. The average Bonchev–Trinajstić information content (AvgIpc) is 2.50. The number of hydrogen-bond acceptors (Lipinski definition) is 3. The molecule has 0 saturated carbocycles. The van der Waals surface area contributed by atoms with Crippen LogP contribution in [-0.2, 0) is 0 Å². The topological polar surface area (TPSA) is 24.5 Å². The zero-order chi connectivity index (χ0) is 15.2. The van der Waals surface area contributed by atoms with Crippen LogP contribution in [0.5, 0.6) is 5.75 Å². The first-order chi connectivity index (χ1) is 10.2. The minimum Gasteiger partial charge on any atom is -0.496 e. The molecule has 1 heterocycles. The van der Waals surface area contributed by atoms with Gasteiger partial charge in [-0.1, -0.05) is 26.3 Å². The number of halogens is 2. The van der Waals surface area contributed by atoms with Crippen molar-refractivity contribution >= 4 is 12.4 Å². The molecule has 2 rings (SSSR count). The van der Waals surface area contributed by atoms with E-state index in [9.17, 15) is 4.39 Å². The van der Waals surface area contributed by atoms with E-state index in [0.29, 0.717) is 11.7 Å². The smallest absolute Gasteiger partial charge is 0.131 e. The van der Waals surface area contributed by atoms with Gasteiger partial charge in [0.25, 0.3) is 0 Å². The fraction of sp³-hybridized carbons (Fsp3) is 0.647. The van der Waals surface area contributed by atoms with Crippen molar-refractivity contribution in [3.8, 4) is 5.75 Å². The van der Waals surface area contributed by atoms with Crippen molar-refractivity contribution in [3.63, 3.8) is 0 Å². The predicted molar refractivity (Wildman–Crippen MR) is 91.5 cm³/mol. The zero-order valence-electron chi connectivity index (χ0n) is 13.8. The van der Waals surface area contributed by atoms with E-state index < -0.39 is 0 Å². The Kier molecular flexibility index (Phi) is 8.15. The average molecular weight is 331 g/mol. The van der Waals surface area contributed by atoms with Gasteiger partial charge in [0, 0.05) is 37.8 Å². The number of nitrogens with one attached hydrogen (secondary N) is 1. The maximum absolute atomic E-state index is 14.5. The van der Waals surface area contributed by atoms with Crippen molar-refractivity contribution in [2.75, 3.05) is 33.3 Å². The molecule has 126 valence electrons. The highest BCUT2D eigenvalue weighted by atomic mass is 35.5. The standard InChI is InChI=1S/C17H27FN2O.ClH/c1-4-6-13(2)17(20-11-9-19-10-12-20)16-14(18)7-5-8-15(16)21-3;/h5,7-8,13,17,19H,4,6,9-12H2,1-3H3;1H/t13?,17-;/m0./s1. The molecule has 5 heteroatoms. The quantitative estimate of drug-likeness (QED) is 0.862. The molecule has 1 saturated heterocycles. The van der Waals surface area contributed by atoms with E-state index in [1.807, 2.05) is 6.07 Å². The van der Waals surface area contributed by atoms with Crippen molar-refractivity contribution in [1.82, 2.24) is 10.2 Å². The van der Waals surface area contributed by atoms with E-state index in [1.165, 1.54) is 0 Å². The number of rotatable bonds is 6.